The number of benzene rings is 2. The molecule has 2 aromatic rings. The van der Waals surface area contributed by atoms with E-state index in [0.717, 1.165) is 24.2 Å². The number of nitrogens with one attached hydrogen (secondary N) is 5. The molecule has 4 bridgehead atoms. The quantitative estimate of drug-likeness (QED) is 0.0434. The lowest BCUT2D eigenvalue weighted by molar-refractivity contribution is -0.141. The Balaban J connectivity index is 1.67. The fourth-order valence-corrected chi connectivity index (χ4v) is 8.50. The van der Waals surface area contributed by atoms with E-state index in [1.165, 1.54) is 114 Å². The SMILES string of the molecule is CCCCCCCCCCCCCCCC(=O)N(C)[C@H](CCO)C(=O)N[C@H](N)C(=O)NCC(=O)N(C)[C@@H]1C(=O)N[C@@H](C)C(=O)N[C@H](C(=O)N[C@H](CO)CCC)Cc2ccc(O)c(c2)-c2cc1ccc2O. The van der Waals surface area contributed by atoms with Gasteiger partial charge in [0.1, 0.15) is 35.7 Å². The van der Waals surface area contributed by atoms with Crippen molar-refractivity contribution in [2.24, 2.45) is 5.73 Å². The van der Waals surface area contributed by atoms with Gasteiger partial charge in [-0.3, -0.25) is 33.6 Å². The lowest BCUT2D eigenvalue weighted by Gasteiger charge is -2.30. The molecule has 390 valence electrons. The summed E-state index contributed by atoms with van der Waals surface area (Å²) < 4.78 is 0. The average Bonchev–Trinajstić information content (AvgIpc) is 3.33. The number of carbonyl (C=O) groups is 7. The number of phenols is 2. The van der Waals surface area contributed by atoms with E-state index in [1.54, 1.807) is 6.07 Å². The van der Waals surface area contributed by atoms with Gasteiger partial charge in [-0.05, 0) is 61.6 Å². The molecule has 70 heavy (non-hydrogen) atoms. The molecule has 19 heteroatoms. The number of phenolic OH excluding ortho intramolecular Hbond substituents is 2. The molecule has 0 fully saturated rings. The van der Waals surface area contributed by atoms with Gasteiger partial charge in [-0.2, -0.15) is 0 Å². The van der Waals surface area contributed by atoms with E-state index in [0.29, 0.717) is 24.8 Å². The predicted octanol–water partition coefficient (Wildman–Crippen LogP) is 3.30. The fraction of sp³-hybridized carbons (Fsp3) is 0.627. The molecule has 0 aromatic heterocycles. The summed E-state index contributed by atoms with van der Waals surface area (Å²) in [5.41, 5.74) is 6.88. The number of nitrogens with zero attached hydrogens (tertiary/aromatic N) is 2. The molecule has 1 aliphatic heterocycles. The first-order valence-electron chi connectivity index (χ1n) is 25.1. The minimum atomic E-state index is -1.68. The van der Waals surface area contributed by atoms with E-state index >= 15 is 0 Å². The number of nitrogens with two attached hydrogens (primary N) is 1. The highest BCUT2D eigenvalue weighted by atomic mass is 16.3. The third kappa shape index (κ3) is 18.5. The predicted molar refractivity (Wildman–Crippen MR) is 266 cm³/mol. The summed E-state index contributed by atoms with van der Waals surface area (Å²) in [5.74, 6) is -5.60. The van der Waals surface area contributed by atoms with Crippen molar-refractivity contribution in [1.29, 1.82) is 0 Å². The Hall–Kier alpha value is -5.79. The lowest BCUT2D eigenvalue weighted by Crippen LogP contribution is -2.58. The molecule has 0 spiro atoms. The number of aliphatic hydroxyl groups excluding tert-OH is 2. The van der Waals surface area contributed by atoms with Crippen LogP contribution in [0.4, 0.5) is 0 Å². The van der Waals surface area contributed by atoms with Gasteiger partial charge in [-0.25, -0.2) is 0 Å². The first kappa shape index (κ1) is 58.5. The molecular formula is C51H80N8O11. The van der Waals surface area contributed by atoms with Crippen LogP contribution in [0.2, 0.25) is 0 Å². The van der Waals surface area contributed by atoms with Crippen LogP contribution in [0.5, 0.6) is 11.5 Å². The summed E-state index contributed by atoms with van der Waals surface area (Å²) in [5, 5.41) is 54.3. The van der Waals surface area contributed by atoms with Crippen LogP contribution in [0.25, 0.3) is 11.1 Å². The monoisotopic (exact) mass is 981 g/mol. The number of aliphatic hydroxyl groups is 2. The minimum absolute atomic E-state index is 0.0608. The van der Waals surface area contributed by atoms with Gasteiger partial charge in [0, 0.05) is 44.7 Å². The number of unbranched alkanes of at least 4 members (excludes halogenated alkanes) is 12. The second-order valence-corrected chi connectivity index (χ2v) is 18.4. The van der Waals surface area contributed by atoms with Crippen LogP contribution in [-0.4, -0.2) is 136 Å². The van der Waals surface area contributed by atoms with Gasteiger partial charge in [0.05, 0.1) is 19.2 Å². The lowest BCUT2D eigenvalue weighted by atomic mass is 9.93. The molecule has 11 N–H and O–H groups in total. The van der Waals surface area contributed by atoms with E-state index in [4.69, 9.17) is 5.73 Å². The van der Waals surface area contributed by atoms with Crippen molar-refractivity contribution in [1.82, 2.24) is 36.4 Å². The highest BCUT2D eigenvalue weighted by Crippen LogP contribution is 2.38. The van der Waals surface area contributed by atoms with Crippen LogP contribution >= 0.6 is 0 Å². The maximum Gasteiger partial charge on any atom is 0.257 e. The Labute approximate surface area is 413 Å². The van der Waals surface area contributed by atoms with Crippen LogP contribution in [0.3, 0.4) is 0 Å². The molecule has 0 saturated carbocycles. The van der Waals surface area contributed by atoms with Gasteiger partial charge in [0.15, 0.2) is 6.17 Å². The zero-order chi connectivity index (χ0) is 51.8. The van der Waals surface area contributed by atoms with Crippen molar-refractivity contribution in [3.05, 3.63) is 47.5 Å². The molecule has 1 aliphatic rings. The maximum atomic E-state index is 14.1. The largest absolute Gasteiger partial charge is 0.507 e. The molecule has 0 saturated heterocycles. The number of carbonyl (C=O) groups excluding carboxylic acids is 7. The Kier molecular flexibility index (Phi) is 25.7. The first-order valence-corrected chi connectivity index (χ1v) is 25.1. The van der Waals surface area contributed by atoms with Crippen LogP contribution in [0, 0.1) is 0 Å². The molecule has 19 nitrogen and oxygen atoms in total. The average molecular weight is 981 g/mol. The van der Waals surface area contributed by atoms with Crippen LogP contribution in [-0.2, 0) is 40.0 Å². The molecule has 0 aliphatic carbocycles. The smallest absolute Gasteiger partial charge is 0.257 e. The summed E-state index contributed by atoms with van der Waals surface area (Å²) in [6.45, 7) is 4.02. The van der Waals surface area contributed by atoms with Crippen LogP contribution in [0.15, 0.2) is 36.4 Å². The third-order valence-electron chi connectivity index (χ3n) is 12.8. The third-order valence-corrected chi connectivity index (χ3v) is 12.8. The van der Waals surface area contributed by atoms with E-state index in [1.807, 2.05) is 6.92 Å². The highest BCUT2D eigenvalue weighted by molar-refractivity contribution is 5.97. The number of likely N-dealkylation sites (N-methyl/N-ethyl adjacent to an activating group) is 2. The van der Waals surface area contributed by atoms with Crippen molar-refractivity contribution in [3.8, 4) is 22.6 Å². The molecule has 3 rings (SSSR count). The zero-order valence-electron chi connectivity index (χ0n) is 41.9. The summed E-state index contributed by atoms with van der Waals surface area (Å²) in [6.07, 6.45) is 14.5. The molecule has 1 heterocycles. The topological polar surface area (TPSA) is 293 Å². The number of hydrogen-bond acceptors (Lipinski definition) is 12. The summed E-state index contributed by atoms with van der Waals surface area (Å²) >= 11 is 0. The van der Waals surface area contributed by atoms with Gasteiger partial charge in [0.2, 0.25) is 35.4 Å². The van der Waals surface area contributed by atoms with Crippen molar-refractivity contribution < 1.29 is 54.0 Å². The zero-order valence-corrected chi connectivity index (χ0v) is 41.9. The molecule has 0 radical (unpaired) electrons. The number of fused-ring (bicyclic) bond motifs is 5. The Morgan fingerprint density at radius 3 is 1.90 bits per heavy atom. The molecule has 0 unspecified atom stereocenters. The van der Waals surface area contributed by atoms with Gasteiger partial charge in [-0.15, -0.1) is 0 Å². The number of rotatable bonds is 28. The molecule has 7 amide bonds. The second-order valence-electron chi connectivity index (χ2n) is 18.4. The van der Waals surface area contributed by atoms with E-state index in [2.05, 4.69) is 33.5 Å². The number of aromatic hydroxyl groups is 2. The molecule has 2 aromatic carbocycles. The second kappa shape index (κ2) is 30.7. The number of hydrogen-bond donors (Lipinski definition) is 10. The Morgan fingerprint density at radius 1 is 0.729 bits per heavy atom. The standard InChI is InChI=1S/C51H80N8O11/c1-6-8-9-10-11-12-13-14-15-16-17-18-19-21-43(64)58(4)40(26-27-60)49(68)57-46(52)51(70)53-31-44(65)59(5)45-35-23-25-42(63)38(30-35)37-28-34(22-24-41(37)62)29-39(48(67)55-36(32-61)20-7-2)56-47(66)33(3)54-50(45)69/h22-25,28,30,33,36,39-40,45-46,60-63H,6-21,26-27,29,31-32,52H2,1-5H3,(H,53,70)(H,54,69)(H,55,67)(H,56,66)(H,57,68)/t33-,36-,39-,40+,45-,46-/m0/s1. The van der Waals surface area contributed by atoms with Gasteiger partial charge in [0.25, 0.3) is 5.91 Å². The summed E-state index contributed by atoms with van der Waals surface area (Å²) in [7, 11) is 2.73. The van der Waals surface area contributed by atoms with E-state index in [-0.39, 0.29) is 60.0 Å². The molecule has 6 atom stereocenters. The van der Waals surface area contributed by atoms with Crippen molar-refractivity contribution >= 4 is 41.4 Å². The van der Waals surface area contributed by atoms with Gasteiger partial charge >= 0.3 is 0 Å². The summed E-state index contributed by atoms with van der Waals surface area (Å²) in [4.78, 5) is 96.9. The van der Waals surface area contributed by atoms with Crippen molar-refractivity contribution in [2.75, 3.05) is 33.9 Å². The van der Waals surface area contributed by atoms with E-state index in [9.17, 15) is 54.0 Å². The normalized spacial score (nSPS) is 17.2. The number of amides is 7. The van der Waals surface area contributed by atoms with Gasteiger partial charge in [-0.1, -0.05) is 109 Å². The fourth-order valence-electron chi connectivity index (χ4n) is 8.50. The Bertz CT molecular complexity index is 2040. The molecular weight excluding hydrogens is 901 g/mol. The maximum absolute atomic E-state index is 14.1. The van der Waals surface area contributed by atoms with Crippen LogP contribution < -0.4 is 32.3 Å². The van der Waals surface area contributed by atoms with Crippen molar-refractivity contribution in [2.45, 2.75) is 173 Å². The minimum Gasteiger partial charge on any atom is -0.507 e. The van der Waals surface area contributed by atoms with Crippen molar-refractivity contribution in [3.63, 3.8) is 0 Å². The Morgan fingerprint density at radius 2 is 1.31 bits per heavy atom. The van der Waals surface area contributed by atoms with Gasteiger partial charge < -0.3 is 62.5 Å². The van der Waals surface area contributed by atoms with Crippen LogP contribution in [0.1, 0.15) is 147 Å². The highest BCUT2D eigenvalue weighted by Gasteiger charge is 2.34. The van der Waals surface area contributed by atoms with E-state index < -0.39 is 85.0 Å². The first-order chi connectivity index (χ1) is 33.5. The summed E-state index contributed by atoms with van der Waals surface area (Å²) in [6, 6.07) is 2.83.